The van der Waals surface area contributed by atoms with Crippen LogP contribution in [0, 0.1) is 0 Å². The second-order valence-corrected chi connectivity index (χ2v) is 7.50. The van der Waals surface area contributed by atoms with Crippen LogP contribution >= 0.6 is 38.9 Å². The van der Waals surface area contributed by atoms with E-state index in [1.54, 1.807) is 11.3 Å². The van der Waals surface area contributed by atoms with Gasteiger partial charge in [-0.3, -0.25) is 0 Å². The lowest BCUT2D eigenvalue weighted by Crippen LogP contribution is -2.28. The molecule has 2 rings (SSSR count). The monoisotopic (exact) mass is 371 g/mol. The zero-order valence-electron chi connectivity index (χ0n) is 11.7. The molecule has 1 aromatic heterocycles. The molecule has 108 valence electrons. The molecule has 1 nitrogen and oxygen atoms in total. The van der Waals surface area contributed by atoms with E-state index in [1.165, 1.54) is 14.9 Å². The first-order valence-corrected chi connectivity index (χ1v) is 8.82. The van der Waals surface area contributed by atoms with Crippen molar-refractivity contribution in [3.05, 3.63) is 55.6 Å². The van der Waals surface area contributed by atoms with E-state index in [2.05, 4.69) is 58.7 Å². The van der Waals surface area contributed by atoms with Crippen molar-refractivity contribution in [3.8, 4) is 0 Å². The first kappa shape index (κ1) is 16.0. The standard InChI is InChI=1S/C16H19BrClNS/c1-11(2)19-10-13(9-16-15(17)6-7-20-16)12-4-3-5-14(18)8-12/h3-8,11,13,19H,9-10H2,1-2H3. The summed E-state index contributed by atoms with van der Waals surface area (Å²) in [5, 5.41) is 6.48. The Bertz CT molecular complexity index is 553. The molecule has 2 aromatic rings. The average molecular weight is 373 g/mol. The van der Waals surface area contributed by atoms with Gasteiger partial charge in [0.1, 0.15) is 0 Å². The van der Waals surface area contributed by atoms with E-state index in [0.29, 0.717) is 12.0 Å². The molecule has 0 fully saturated rings. The predicted molar refractivity (Wildman–Crippen MR) is 93.1 cm³/mol. The lowest BCUT2D eigenvalue weighted by molar-refractivity contribution is 0.528. The average Bonchev–Trinajstić information content (AvgIpc) is 2.79. The molecule has 0 aliphatic rings. The molecule has 0 aliphatic heterocycles. The topological polar surface area (TPSA) is 12.0 Å². The third kappa shape index (κ3) is 4.59. The first-order valence-electron chi connectivity index (χ1n) is 6.77. The van der Waals surface area contributed by atoms with Crippen LogP contribution in [-0.2, 0) is 6.42 Å². The summed E-state index contributed by atoms with van der Waals surface area (Å²) in [4.78, 5) is 1.39. The fourth-order valence-electron chi connectivity index (χ4n) is 2.14. The van der Waals surface area contributed by atoms with Crippen molar-refractivity contribution in [2.24, 2.45) is 0 Å². The number of hydrogen-bond acceptors (Lipinski definition) is 2. The third-order valence-corrected chi connectivity index (χ3v) is 5.40. The Kier molecular flexibility index (Phi) is 6.09. The number of thiophene rings is 1. The summed E-state index contributed by atoms with van der Waals surface area (Å²) in [6, 6.07) is 10.8. The van der Waals surface area contributed by atoms with Gasteiger partial charge in [-0.05, 0) is 51.5 Å². The van der Waals surface area contributed by atoms with Crippen LogP contribution in [0.1, 0.15) is 30.2 Å². The van der Waals surface area contributed by atoms with Crippen LogP contribution < -0.4 is 5.32 Å². The van der Waals surface area contributed by atoms with Crippen LogP contribution in [0.2, 0.25) is 5.02 Å². The zero-order valence-corrected chi connectivity index (χ0v) is 14.9. The molecule has 1 atom stereocenters. The van der Waals surface area contributed by atoms with Crippen LogP contribution in [0.25, 0.3) is 0 Å². The number of benzene rings is 1. The minimum atomic E-state index is 0.436. The van der Waals surface area contributed by atoms with E-state index >= 15 is 0 Å². The summed E-state index contributed by atoms with van der Waals surface area (Å²) < 4.78 is 1.21. The molecule has 1 N–H and O–H groups in total. The van der Waals surface area contributed by atoms with Gasteiger partial charge in [0.15, 0.2) is 0 Å². The molecule has 0 aliphatic carbocycles. The van der Waals surface area contributed by atoms with E-state index in [-0.39, 0.29) is 0 Å². The third-order valence-electron chi connectivity index (χ3n) is 3.22. The molecule has 4 heteroatoms. The summed E-state index contributed by atoms with van der Waals surface area (Å²) in [6.07, 6.45) is 1.03. The summed E-state index contributed by atoms with van der Waals surface area (Å²) in [7, 11) is 0. The van der Waals surface area contributed by atoms with Gasteiger partial charge in [-0.15, -0.1) is 11.3 Å². The van der Waals surface area contributed by atoms with Crippen LogP contribution in [0.4, 0.5) is 0 Å². The molecule has 0 bridgehead atoms. The van der Waals surface area contributed by atoms with Gasteiger partial charge in [0, 0.05) is 32.9 Å². The predicted octanol–water partition coefficient (Wildman–Crippen LogP) is 5.49. The van der Waals surface area contributed by atoms with Crippen molar-refractivity contribution in [1.29, 1.82) is 0 Å². The highest BCUT2D eigenvalue weighted by Gasteiger charge is 2.15. The van der Waals surface area contributed by atoms with Crippen LogP contribution in [0.15, 0.2) is 40.2 Å². The molecule has 0 spiro atoms. The van der Waals surface area contributed by atoms with Crippen LogP contribution in [0.3, 0.4) is 0 Å². The maximum absolute atomic E-state index is 6.14. The van der Waals surface area contributed by atoms with Crippen LogP contribution in [0.5, 0.6) is 0 Å². The Morgan fingerprint density at radius 1 is 1.30 bits per heavy atom. The van der Waals surface area contributed by atoms with Crippen LogP contribution in [-0.4, -0.2) is 12.6 Å². The Balaban J connectivity index is 2.18. The highest BCUT2D eigenvalue weighted by molar-refractivity contribution is 9.10. The minimum Gasteiger partial charge on any atom is -0.314 e. The molecule has 0 saturated heterocycles. The normalized spacial score (nSPS) is 12.8. The highest BCUT2D eigenvalue weighted by atomic mass is 79.9. The van der Waals surface area contributed by atoms with Gasteiger partial charge in [-0.2, -0.15) is 0 Å². The van der Waals surface area contributed by atoms with Gasteiger partial charge in [0.05, 0.1) is 0 Å². The largest absolute Gasteiger partial charge is 0.314 e. The van der Waals surface area contributed by atoms with Gasteiger partial charge >= 0.3 is 0 Å². The Hall–Kier alpha value is -0.350. The van der Waals surface area contributed by atoms with Crippen molar-refractivity contribution in [3.63, 3.8) is 0 Å². The zero-order chi connectivity index (χ0) is 14.5. The number of nitrogens with one attached hydrogen (secondary N) is 1. The quantitative estimate of drug-likeness (QED) is 0.707. The van der Waals surface area contributed by atoms with Gasteiger partial charge in [-0.25, -0.2) is 0 Å². The Labute approximate surface area is 138 Å². The molecular formula is C16H19BrClNS. The SMILES string of the molecule is CC(C)NCC(Cc1sccc1Br)c1cccc(Cl)c1. The maximum atomic E-state index is 6.14. The summed E-state index contributed by atoms with van der Waals surface area (Å²) in [6.45, 7) is 5.31. The van der Waals surface area contributed by atoms with Gasteiger partial charge < -0.3 is 5.32 Å². The Morgan fingerprint density at radius 2 is 2.10 bits per heavy atom. The van der Waals surface area contributed by atoms with E-state index in [9.17, 15) is 0 Å². The number of hydrogen-bond donors (Lipinski definition) is 1. The van der Waals surface area contributed by atoms with Crippen molar-refractivity contribution in [1.82, 2.24) is 5.32 Å². The van der Waals surface area contributed by atoms with E-state index < -0.39 is 0 Å². The fraction of sp³-hybridized carbons (Fsp3) is 0.375. The van der Waals surface area contributed by atoms with Crippen molar-refractivity contribution >= 4 is 38.9 Å². The van der Waals surface area contributed by atoms with E-state index in [0.717, 1.165) is 18.0 Å². The molecule has 1 aromatic carbocycles. The summed E-state index contributed by atoms with van der Waals surface area (Å²) in [5.41, 5.74) is 1.30. The molecule has 0 radical (unpaired) electrons. The summed E-state index contributed by atoms with van der Waals surface area (Å²) in [5.74, 6) is 0.436. The fourth-order valence-corrected chi connectivity index (χ4v) is 3.94. The second-order valence-electron chi connectivity index (χ2n) is 5.21. The number of rotatable bonds is 6. The molecular weight excluding hydrogens is 354 g/mol. The molecule has 20 heavy (non-hydrogen) atoms. The molecule has 0 saturated carbocycles. The van der Waals surface area contributed by atoms with Crippen molar-refractivity contribution in [2.45, 2.75) is 32.2 Å². The smallest absolute Gasteiger partial charge is 0.0408 e. The molecule has 1 heterocycles. The van der Waals surface area contributed by atoms with Crippen molar-refractivity contribution < 1.29 is 0 Å². The van der Waals surface area contributed by atoms with E-state index in [4.69, 9.17) is 11.6 Å². The summed E-state index contributed by atoms with van der Waals surface area (Å²) >= 11 is 11.6. The van der Waals surface area contributed by atoms with Gasteiger partial charge in [0.2, 0.25) is 0 Å². The lowest BCUT2D eigenvalue weighted by atomic mass is 9.94. The first-order chi connectivity index (χ1) is 9.56. The Morgan fingerprint density at radius 3 is 2.70 bits per heavy atom. The molecule has 0 amide bonds. The van der Waals surface area contributed by atoms with E-state index in [1.807, 2.05) is 12.1 Å². The number of halogens is 2. The van der Waals surface area contributed by atoms with Gasteiger partial charge in [0.25, 0.3) is 0 Å². The minimum absolute atomic E-state index is 0.436. The molecule has 1 unspecified atom stereocenters. The second kappa shape index (κ2) is 7.60. The van der Waals surface area contributed by atoms with Crippen molar-refractivity contribution in [2.75, 3.05) is 6.54 Å². The maximum Gasteiger partial charge on any atom is 0.0408 e. The van der Waals surface area contributed by atoms with Gasteiger partial charge in [-0.1, -0.05) is 37.6 Å². The highest BCUT2D eigenvalue weighted by Crippen LogP contribution is 2.30. The lowest BCUT2D eigenvalue weighted by Gasteiger charge is -2.20.